The molecule has 144 valence electrons. The zero-order valence-electron chi connectivity index (χ0n) is 15.4. The Kier molecular flexibility index (Phi) is 6.16. The van der Waals surface area contributed by atoms with E-state index in [1.807, 2.05) is 31.2 Å². The van der Waals surface area contributed by atoms with Crippen molar-refractivity contribution in [2.24, 2.45) is 0 Å². The van der Waals surface area contributed by atoms with Gasteiger partial charge in [-0.25, -0.2) is 0 Å². The van der Waals surface area contributed by atoms with Gasteiger partial charge in [0.25, 0.3) is 0 Å². The van der Waals surface area contributed by atoms with Gasteiger partial charge in [0, 0.05) is 17.9 Å². The lowest BCUT2D eigenvalue weighted by Crippen LogP contribution is -2.16. The number of aliphatic carboxylic acids is 1. The Balaban J connectivity index is 1.82. The van der Waals surface area contributed by atoms with Gasteiger partial charge in [-0.3, -0.25) is 9.59 Å². The van der Waals surface area contributed by atoms with Gasteiger partial charge in [0.05, 0.1) is 0 Å². The number of carboxylic acids is 1. The maximum Gasteiger partial charge on any atom is 0.303 e. The van der Waals surface area contributed by atoms with Crippen molar-refractivity contribution < 1.29 is 24.0 Å². The summed E-state index contributed by atoms with van der Waals surface area (Å²) in [5, 5.41) is 12.8. The average molecular weight is 380 g/mol. The Morgan fingerprint density at radius 2 is 2.00 bits per heavy atom. The summed E-state index contributed by atoms with van der Waals surface area (Å²) in [5.41, 5.74) is 2.26. The van der Waals surface area contributed by atoms with Crippen LogP contribution in [0.25, 0.3) is 0 Å². The van der Waals surface area contributed by atoms with Gasteiger partial charge in [-0.1, -0.05) is 41.6 Å². The van der Waals surface area contributed by atoms with Crippen LogP contribution in [0, 0.1) is 6.92 Å². The molecule has 0 aliphatic rings. The number of nitrogens with zero attached hydrogens (tertiary/aromatic N) is 2. The highest BCUT2D eigenvalue weighted by atomic mass is 16.5. The van der Waals surface area contributed by atoms with Gasteiger partial charge in [0.2, 0.25) is 12.2 Å². The molecular weight excluding hydrogens is 360 g/mol. The Labute approximate surface area is 162 Å². The van der Waals surface area contributed by atoms with Crippen molar-refractivity contribution in [1.82, 2.24) is 10.1 Å². The molecule has 1 atom stereocenters. The number of aryl methyl sites for hydroxylation is 1. The second-order valence-corrected chi connectivity index (χ2v) is 6.37. The number of carbonyl (C=O) groups is 2. The summed E-state index contributed by atoms with van der Waals surface area (Å²) in [6.07, 6.45) is 1.36. The summed E-state index contributed by atoms with van der Waals surface area (Å²) in [7, 11) is 0. The van der Waals surface area contributed by atoms with E-state index in [4.69, 9.17) is 9.84 Å². The first-order valence-corrected chi connectivity index (χ1v) is 8.84. The van der Waals surface area contributed by atoms with Crippen molar-refractivity contribution in [2.45, 2.75) is 32.3 Å². The molecule has 1 aromatic heterocycles. The molecule has 0 radical (unpaired) electrons. The van der Waals surface area contributed by atoms with E-state index < -0.39 is 11.9 Å². The number of hydrogen-bond acceptors (Lipinski definition) is 6. The molecule has 1 heterocycles. The number of Topliss-reactive ketones (excluding diaryl/α,β-unsaturated/α-hetero) is 1. The van der Waals surface area contributed by atoms with Crippen LogP contribution in [0.2, 0.25) is 0 Å². The van der Waals surface area contributed by atoms with E-state index in [1.54, 1.807) is 24.3 Å². The number of rotatable bonds is 9. The molecular formula is C21H20N2O5. The van der Waals surface area contributed by atoms with Crippen LogP contribution < -0.4 is 4.74 Å². The molecule has 0 amide bonds. The smallest absolute Gasteiger partial charge is 0.303 e. The lowest BCUT2D eigenvalue weighted by Gasteiger charge is -2.18. The Bertz CT molecular complexity index is 953. The van der Waals surface area contributed by atoms with E-state index in [1.165, 1.54) is 6.39 Å². The fraction of sp³-hybridized carbons (Fsp3) is 0.238. The standard InChI is InChI=1S/C21H20N2O5/c1-14-5-2-3-8-17(14)18(9-10-20(24)25)21(26)15-6-4-7-16(11-15)27-12-19-22-13-28-23-19/h2-8,11,13,18H,9-10,12H2,1H3,(H,24,25). The van der Waals surface area contributed by atoms with E-state index in [0.717, 1.165) is 11.1 Å². The van der Waals surface area contributed by atoms with Crippen LogP contribution in [-0.4, -0.2) is 27.0 Å². The lowest BCUT2D eigenvalue weighted by atomic mass is 9.85. The van der Waals surface area contributed by atoms with Gasteiger partial charge in [-0.2, -0.15) is 4.98 Å². The lowest BCUT2D eigenvalue weighted by molar-refractivity contribution is -0.137. The molecule has 7 nitrogen and oxygen atoms in total. The molecule has 3 rings (SSSR count). The third-order valence-electron chi connectivity index (χ3n) is 4.42. The highest BCUT2D eigenvalue weighted by molar-refractivity contribution is 6.01. The number of carboxylic acid groups (broad SMARTS) is 1. The quantitative estimate of drug-likeness (QED) is 0.563. The summed E-state index contributed by atoms with van der Waals surface area (Å²) in [6.45, 7) is 2.04. The predicted molar refractivity (Wildman–Crippen MR) is 100 cm³/mol. The first-order valence-electron chi connectivity index (χ1n) is 8.84. The number of hydrogen-bond donors (Lipinski definition) is 1. The van der Waals surface area contributed by atoms with Crippen LogP contribution in [0.3, 0.4) is 0 Å². The molecule has 0 aliphatic carbocycles. The summed E-state index contributed by atoms with van der Waals surface area (Å²) in [5.74, 6) is -0.706. The Morgan fingerprint density at radius 1 is 1.18 bits per heavy atom. The molecule has 0 bridgehead atoms. The minimum atomic E-state index is -0.927. The highest BCUT2D eigenvalue weighted by Crippen LogP contribution is 2.29. The van der Waals surface area contributed by atoms with Gasteiger partial charge in [-0.05, 0) is 36.6 Å². The van der Waals surface area contributed by atoms with E-state index in [0.29, 0.717) is 17.1 Å². The van der Waals surface area contributed by atoms with Crippen LogP contribution in [0.4, 0.5) is 0 Å². The number of ether oxygens (including phenoxy) is 1. The fourth-order valence-electron chi connectivity index (χ4n) is 3.02. The molecule has 0 spiro atoms. The van der Waals surface area contributed by atoms with Gasteiger partial charge >= 0.3 is 5.97 Å². The molecule has 3 aromatic rings. The van der Waals surface area contributed by atoms with Crippen LogP contribution >= 0.6 is 0 Å². The molecule has 1 N–H and O–H groups in total. The topological polar surface area (TPSA) is 103 Å². The molecule has 0 fully saturated rings. The van der Waals surface area contributed by atoms with E-state index in [-0.39, 0.29) is 25.2 Å². The largest absolute Gasteiger partial charge is 0.485 e. The highest BCUT2D eigenvalue weighted by Gasteiger charge is 2.24. The third-order valence-corrected chi connectivity index (χ3v) is 4.42. The number of aromatic nitrogens is 2. The average Bonchev–Trinajstić information content (AvgIpc) is 3.21. The van der Waals surface area contributed by atoms with Crippen LogP contribution in [-0.2, 0) is 11.4 Å². The molecule has 7 heteroatoms. The second-order valence-electron chi connectivity index (χ2n) is 6.37. The van der Waals surface area contributed by atoms with E-state index in [2.05, 4.69) is 14.7 Å². The minimum absolute atomic E-state index is 0.0846. The molecule has 0 aliphatic heterocycles. The number of benzene rings is 2. The van der Waals surface area contributed by atoms with E-state index >= 15 is 0 Å². The zero-order chi connectivity index (χ0) is 19.9. The third kappa shape index (κ3) is 4.82. The number of carbonyl (C=O) groups excluding carboxylic acids is 1. The van der Waals surface area contributed by atoms with Crippen molar-refractivity contribution in [1.29, 1.82) is 0 Å². The summed E-state index contributed by atoms with van der Waals surface area (Å²) < 4.78 is 10.3. The van der Waals surface area contributed by atoms with Crippen LogP contribution in [0.15, 0.2) is 59.4 Å². The Morgan fingerprint density at radius 3 is 2.71 bits per heavy atom. The normalized spacial score (nSPS) is 11.8. The van der Waals surface area contributed by atoms with E-state index in [9.17, 15) is 9.59 Å². The molecule has 0 saturated carbocycles. The number of ketones is 1. The molecule has 1 unspecified atom stereocenters. The van der Waals surface area contributed by atoms with Gasteiger partial charge in [-0.15, -0.1) is 0 Å². The maximum absolute atomic E-state index is 13.2. The maximum atomic E-state index is 13.2. The monoisotopic (exact) mass is 380 g/mol. The van der Waals surface area contributed by atoms with Gasteiger partial charge in [0.1, 0.15) is 5.75 Å². The first kappa shape index (κ1) is 19.3. The van der Waals surface area contributed by atoms with Crippen molar-refractivity contribution in [3.05, 3.63) is 77.4 Å². The summed E-state index contributed by atoms with van der Waals surface area (Å²) in [6, 6.07) is 14.3. The Hall–Kier alpha value is -3.48. The first-order chi connectivity index (χ1) is 13.5. The fourth-order valence-corrected chi connectivity index (χ4v) is 3.02. The van der Waals surface area contributed by atoms with Gasteiger partial charge in [0.15, 0.2) is 12.4 Å². The zero-order valence-corrected chi connectivity index (χ0v) is 15.4. The van der Waals surface area contributed by atoms with Crippen LogP contribution in [0.1, 0.15) is 46.1 Å². The van der Waals surface area contributed by atoms with Crippen molar-refractivity contribution in [3.63, 3.8) is 0 Å². The molecule has 0 saturated heterocycles. The second kappa shape index (κ2) is 8.94. The van der Waals surface area contributed by atoms with Crippen molar-refractivity contribution in [3.8, 4) is 5.75 Å². The predicted octanol–water partition coefficient (Wildman–Crippen LogP) is 3.79. The summed E-state index contributed by atoms with van der Waals surface area (Å²) >= 11 is 0. The van der Waals surface area contributed by atoms with Crippen LogP contribution in [0.5, 0.6) is 5.75 Å². The molecule has 28 heavy (non-hydrogen) atoms. The minimum Gasteiger partial charge on any atom is -0.485 e. The van der Waals surface area contributed by atoms with Crippen molar-refractivity contribution in [2.75, 3.05) is 0 Å². The van der Waals surface area contributed by atoms with Gasteiger partial charge < -0.3 is 14.4 Å². The SMILES string of the molecule is Cc1ccccc1C(CCC(=O)O)C(=O)c1cccc(OCc2ncon2)c1. The van der Waals surface area contributed by atoms with Crippen molar-refractivity contribution >= 4 is 11.8 Å². The summed E-state index contributed by atoms with van der Waals surface area (Å²) in [4.78, 5) is 28.2. The molecule has 2 aromatic carbocycles.